The fourth-order valence-electron chi connectivity index (χ4n) is 5.62. The number of likely N-dealkylation sites (tertiary alicyclic amines) is 1. The molecule has 8 heteroatoms. The van der Waals surface area contributed by atoms with Gasteiger partial charge in [-0.05, 0) is 112 Å². The number of nitrogens with zero attached hydrogens (tertiary/aromatic N) is 3. The first kappa shape index (κ1) is 34.4. The Morgan fingerprint density at radius 1 is 1.02 bits per heavy atom. The first-order valence-electron chi connectivity index (χ1n) is 15.4. The molecular weight excluding hydrogens is 551 g/mol. The summed E-state index contributed by atoms with van der Waals surface area (Å²) in [4.78, 5) is 21.6. The van der Waals surface area contributed by atoms with Gasteiger partial charge in [0.2, 0.25) is 6.41 Å². The average Bonchev–Trinajstić information content (AvgIpc) is 3.60. The third kappa shape index (κ3) is 10.2. The Bertz CT molecular complexity index is 1350. The predicted molar refractivity (Wildman–Crippen MR) is 182 cm³/mol. The number of nitrogens with one attached hydrogen (secondary N) is 2. The minimum atomic E-state index is -0.234. The van der Waals surface area contributed by atoms with Crippen LogP contribution in [0.5, 0.6) is 0 Å². The van der Waals surface area contributed by atoms with E-state index < -0.39 is 0 Å². The van der Waals surface area contributed by atoms with Crippen molar-refractivity contribution in [3.05, 3.63) is 113 Å². The number of carbonyl (C=O) groups is 1. The topological polar surface area (TPSA) is 95.1 Å². The van der Waals surface area contributed by atoms with Crippen LogP contribution in [0.25, 0.3) is 0 Å². The number of aliphatic imine (C=N–C) groups is 2. The quantitative estimate of drug-likeness (QED) is 0.147. The average molecular weight is 599 g/mol. The molecule has 1 amide bonds. The lowest BCUT2D eigenvalue weighted by molar-refractivity contribution is -0.109. The molecule has 1 unspecified atom stereocenters. The lowest BCUT2D eigenvalue weighted by Gasteiger charge is -2.29. The van der Waals surface area contributed by atoms with E-state index >= 15 is 0 Å². The molecule has 1 atom stereocenters. The monoisotopic (exact) mass is 598 g/mol. The van der Waals surface area contributed by atoms with Crippen molar-refractivity contribution < 1.29 is 9.18 Å². The van der Waals surface area contributed by atoms with E-state index in [0.29, 0.717) is 18.9 Å². The molecule has 4 N–H and O–H groups in total. The van der Waals surface area contributed by atoms with Crippen LogP contribution in [0.4, 0.5) is 10.1 Å². The highest BCUT2D eigenvalue weighted by Crippen LogP contribution is 2.39. The van der Waals surface area contributed by atoms with Crippen LogP contribution >= 0.6 is 0 Å². The minimum Gasteiger partial charge on any atom is -0.388 e. The maximum atomic E-state index is 12.4. The number of halogens is 1. The molecule has 0 aromatic heterocycles. The summed E-state index contributed by atoms with van der Waals surface area (Å²) in [6.45, 7) is 8.82. The van der Waals surface area contributed by atoms with Crippen molar-refractivity contribution in [3.63, 3.8) is 0 Å². The summed E-state index contributed by atoms with van der Waals surface area (Å²) in [5.41, 5.74) is 12.9. The molecule has 2 aliphatic rings. The fourth-order valence-corrected chi connectivity index (χ4v) is 5.62. The molecule has 234 valence electrons. The van der Waals surface area contributed by atoms with Gasteiger partial charge in [0.05, 0.1) is 5.71 Å². The smallest absolute Gasteiger partial charge is 0.207 e. The summed E-state index contributed by atoms with van der Waals surface area (Å²) in [6.07, 6.45) is 7.99. The van der Waals surface area contributed by atoms with Crippen molar-refractivity contribution in [3.8, 4) is 0 Å². The zero-order valence-corrected chi connectivity index (χ0v) is 26.1. The van der Waals surface area contributed by atoms with Gasteiger partial charge < -0.3 is 21.3 Å². The van der Waals surface area contributed by atoms with Crippen molar-refractivity contribution in [1.82, 2.24) is 10.2 Å². The highest BCUT2D eigenvalue weighted by Gasteiger charge is 2.28. The third-order valence-corrected chi connectivity index (χ3v) is 7.82. The summed E-state index contributed by atoms with van der Waals surface area (Å²) < 4.78 is 12.4. The molecule has 3 aromatic rings. The van der Waals surface area contributed by atoms with Gasteiger partial charge in [0.25, 0.3) is 0 Å². The van der Waals surface area contributed by atoms with Gasteiger partial charge in [0.15, 0.2) is 0 Å². The van der Waals surface area contributed by atoms with Crippen LogP contribution in [0, 0.1) is 5.82 Å². The van der Waals surface area contributed by atoms with Gasteiger partial charge in [-0.25, -0.2) is 4.39 Å². The van der Waals surface area contributed by atoms with Crippen LogP contribution in [0.1, 0.15) is 53.9 Å². The highest BCUT2D eigenvalue weighted by atomic mass is 19.1. The predicted octanol–water partition coefficient (Wildman–Crippen LogP) is 5.81. The van der Waals surface area contributed by atoms with Crippen LogP contribution in [0.2, 0.25) is 0 Å². The highest BCUT2D eigenvalue weighted by molar-refractivity contribution is 6.15. The zero-order valence-electron chi connectivity index (χ0n) is 26.1. The lowest BCUT2D eigenvalue weighted by atomic mass is 9.75. The van der Waals surface area contributed by atoms with Crippen molar-refractivity contribution in [2.75, 3.05) is 52.1 Å². The molecule has 1 heterocycles. The second-order valence-electron chi connectivity index (χ2n) is 10.6. The van der Waals surface area contributed by atoms with Gasteiger partial charge >= 0.3 is 0 Å². The maximum absolute atomic E-state index is 12.4. The molecule has 1 fully saturated rings. The molecule has 0 bridgehead atoms. The van der Waals surface area contributed by atoms with Crippen LogP contribution in [-0.4, -0.2) is 70.6 Å². The van der Waals surface area contributed by atoms with E-state index in [2.05, 4.69) is 81.5 Å². The first-order chi connectivity index (χ1) is 21.6. The van der Waals surface area contributed by atoms with Gasteiger partial charge in [-0.3, -0.25) is 14.8 Å². The van der Waals surface area contributed by atoms with Gasteiger partial charge in [0.1, 0.15) is 5.82 Å². The van der Waals surface area contributed by atoms with Gasteiger partial charge in [-0.2, -0.15) is 0 Å². The molecule has 3 aromatic carbocycles. The molecule has 0 spiro atoms. The first-order valence-corrected chi connectivity index (χ1v) is 15.4. The molecule has 1 aliphatic heterocycles. The van der Waals surface area contributed by atoms with Crippen molar-refractivity contribution in [2.24, 2.45) is 15.7 Å². The SMILES string of the molecule is C=N/C=C1/CC(c2ccc(NC)cc2)c2ccccc2C1=NCCCN1CCCC1.CN.O=CNCCc1ccc(F)cc1. The normalized spacial score (nSPS) is 17.5. The number of anilines is 1. The van der Waals surface area contributed by atoms with E-state index in [4.69, 9.17) is 4.99 Å². The summed E-state index contributed by atoms with van der Waals surface area (Å²) in [6, 6.07) is 23.7. The summed E-state index contributed by atoms with van der Waals surface area (Å²) in [7, 11) is 3.45. The Kier molecular flexibility index (Phi) is 15.0. The standard InChI is InChI=1S/C26H32N4.C9H10FNO.CH5N/c1-27-19-21-18-25(20-10-12-22(28-2)13-11-20)23-8-3-4-9-24(23)26(21)29-14-7-17-30-15-5-6-16-30;10-9-3-1-8(2-4-9)5-6-11-7-12;1-2/h3-4,8-13,19,25,28H,1,5-7,14-18H2,2H3;1-4,7H,5-6H2,(H,11,12);2H2,1H3/b21-19-,29-26?;;. The van der Waals surface area contributed by atoms with E-state index in [9.17, 15) is 9.18 Å². The van der Waals surface area contributed by atoms with E-state index in [-0.39, 0.29) is 5.82 Å². The zero-order chi connectivity index (χ0) is 31.6. The molecule has 1 saturated heterocycles. The number of nitrogens with two attached hydrogens (primary N) is 1. The fraction of sp³-hybridized carbons (Fsp3) is 0.361. The lowest BCUT2D eigenvalue weighted by Crippen LogP contribution is -2.22. The van der Waals surface area contributed by atoms with E-state index in [1.54, 1.807) is 12.1 Å². The Hall–Kier alpha value is -4.14. The Balaban J connectivity index is 0.000000317. The Morgan fingerprint density at radius 3 is 2.39 bits per heavy atom. The number of amides is 1. The number of hydrogen-bond acceptors (Lipinski definition) is 6. The van der Waals surface area contributed by atoms with Gasteiger partial charge in [-0.1, -0.05) is 48.5 Å². The van der Waals surface area contributed by atoms with Crippen LogP contribution in [0.15, 0.2) is 94.6 Å². The van der Waals surface area contributed by atoms with E-state index in [1.165, 1.54) is 67.4 Å². The van der Waals surface area contributed by atoms with Gasteiger partial charge in [0, 0.05) is 43.5 Å². The molecule has 0 radical (unpaired) electrons. The Morgan fingerprint density at radius 2 is 1.73 bits per heavy atom. The second-order valence-corrected chi connectivity index (χ2v) is 10.6. The van der Waals surface area contributed by atoms with E-state index in [0.717, 1.165) is 49.3 Å². The number of allylic oxidation sites excluding steroid dienone is 1. The van der Waals surface area contributed by atoms with Crippen LogP contribution in [0.3, 0.4) is 0 Å². The van der Waals surface area contributed by atoms with Crippen molar-refractivity contribution >= 4 is 24.5 Å². The van der Waals surface area contributed by atoms with Crippen LogP contribution in [-0.2, 0) is 11.2 Å². The third-order valence-electron chi connectivity index (χ3n) is 7.82. The van der Waals surface area contributed by atoms with Crippen molar-refractivity contribution in [2.45, 2.75) is 38.0 Å². The molecule has 7 nitrogen and oxygen atoms in total. The number of carbonyl (C=O) groups excluding carboxylic acids is 1. The van der Waals surface area contributed by atoms with Crippen LogP contribution < -0.4 is 16.4 Å². The molecular formula is C36H47FN6O. The largest absolute Gasteiger partial charge is 0.388 e. The summed E-state index contributed by atoms with van der Waals surface area (Å²) in [5.74, 6) is 0.0748. The molecule has 0 saturated carbocycles. The van der Waals surface area contributed by atoms with Gasteiger partial charge in [-0.15, -0.1) is 0 Å². The number of hydrogen-bond donors (Lipinski definition) is 3. The summed E-state index contributed by atoms with van der Waals surface area (Å²) >= 11 is 0. The maximum Gasteiger partial charge on any atom is 0.207 e. The summed E-state index contributed by atoms with van der Waals surface area (Å²) in [5, 5.41) is 5.74. The number of benzene rings is 3. The molecule has 44 heavy (non-hydrogen) atoms. The van der Waals surface area contributed by atoms with Crippen molar-refractivity contribution in [1.29, 1.82) is 0 Å². The minimum absolute atomic E-state index is 0.234. The van der Waals surface area contributed by atoms with E-state index in [1.807, 2.05) is 13.2 Å². The number of fused-ring (bicyclic) bond motifs is 1. The second kappa shape index (κ2) is 19.2. The molecule has 5 rings (SSSR count). The number of rotatable bonds is 11. The Labute approximate surface area is 262 Å². The molecule has 1 aliphatic carbocycles.